The molecule has 1 aliphatic heterocycles. The van der Waals surface area contributed by atoms with Gasteiger partial charge < -0.3 is 15.0 Å². The van der Waals surface area contributed by atoms with Crippen LogP contribution in [-0.4, -0.2) is 42.8 Å². The summed E-state index contributed by atoms with van der Waals surface area (Å²) in [5.74, 6) is 3.62. The molecule has 3 aliphatic rings. The van der Waals surface area contributed by atoms with E-state index < -0.39 is 0 Å². The molecule has 0 unspecified atom stereocenters. The van der Waals surface area contributed by atoms with Gasteiger partial charge >= 0.3 is 0 Å². The van der Waals surface area contributed by atoms with Gasteiger partial charge in [0.2, 0.25) is 11.8 Å². The molecule has 134 valence electrons. The maximum atomic E-state index is 12.6. The lowest BCUT2D eigenvalue weighted by Crippen LogP contribution is -2.44. The van der Waals surface area contributed by atoms with Crippen molar-refractivity contribution in [2.75, 3.05) is 31.6 Å². The highest BCUT2D eigenvalue weighted by Gasteiger charge is 2.36. The molecule has 6 heteroatoms. The van der Waals surface area contributed by atoms with E-state index in [1.54, 1.807) is 7.11 Å². The molecule has 1 aromatic heterocycles. The number of ether oxygens (including phenoxy) is 1. The summed E-state index contributed by atoms with van der Waals surface area (Å²) in [7, 11) is 1.58. The smallest absolute Gasteiger partial charge is 0.233 e. The quantitative estimate of drug-likeness (QED) is 0.830. The minimum atomic E-state index is 0.0341. The maximum Gasteiger partial charge on any atom is 0.233 e. The summed E-state index contributed by atoms with van der Waals surface area (Å²) < 4.78 is 5.06. The van der Waals surface area contributed by atoms with Crippen LogP contribution in [0.3, 0.4) is 0 Å². The summed E-state index contributed by atoms with van der Waals surface area (Å²) in [4.78, 5) is 14.8. The van der Waals surface area contributed by atoms with Crippen LogP contribution in [0, 0.1) is 23.7 Å². The van der Waals surface area contributed by atoms with Gasteiger partial charge in [-0.15, -0.1) is 10.2 Å². The lowest BCUT2D eigenvalue weighted by Gasteiger charge is -2.33. The van der Waals surface area contributed by atoms with Crippen LogP contribution in [0.25, 0.3) is 0 Å². The van der Waals surface area contributed by atoms with E-state index in [9.17, 15) is 4.79 Å². The number of amides is 1. The Bertz CT molecular complexity index is 645. The van der Waals surface area contributed by atoms with Crippen molar-refractivity contribution in [3.8, 4) is 5.88 Å². The Balaban J connectivity index is 1.31. The van der Waals surface area contributed by atoms with Gasteiger partial charge in [-0.1, -0.05) is 12.2 Å². The lowest BCUT2D eigenvalue weighted by atomic mass is 9.92. The van der Waals surface area contributed by atoms with Crippen LogP contribution in [0.5, 0.6) is 5.88 Å². The number of hydrogen-bond acceptors (Lipinski definition) is 5. The van der Waals surface area contributed by atoms with Gasteiger partial charge in [0.25, 0.3) is 0 Å². The molecule has 2 fully saturated rings. The highest BCUT2D eigenvalue weighted by atomic mass is 16.5. The molecule has 1 N–H and O–H groups in total. The van der Waals surface area contributed by atoms with Crippen molar-refractivity contribution in [1.82, 2.24) is 15.5 Å². The third-order valence-electron chi connectivity index (χ3n) is 5.91. The Kier molecular flexibility index (Phi) is 4.59. The first kappa shape index (κ1) is 16.4. The molecule has 4 rings (SSSR count). The first-order chi connectivity index (χ1) is 12.2. The molecule has 4 atom stereocenters. The molecule has 1 aromatic rings. The minimum absolute atomic E-state index is 0.0341. The number of aromatic nitrogens is 2. The molecule has 2 heterocycles. The number of nitrogens with zero attached hydrogens (tertiary/aromatic N) is 3. The Morgan fingerprint density at radius 3 is 2.92 bits per heavy atom. The predicted octanol–water partition coefficient (Wildman–Crippen LogP) is 2.03. The van der Waals surface area contributed by atoms with Gasteiger partial charge in [0.1, 0.15) is 0 Å². The van der Waals surface area contributed by atoms with Gasteiger partial charge in [0, 0.05) is 25.7 Å². The van der Waals surface area contributed by atoms with Crippen LogP contribution in [-0.2, 0) is 4.79 Å². The summed E-state index contributed by atoms with van der Waals surface area (Å²) in [6.07, 6.45) is 9.16. The van der Waals surface area contributed by atoms with E-state index in [0.29, 0.717) is 24.3 Å². The number of carbonyl (C=O) groups excluding carboxylic acids is 1. The number of rotatable bonds is 5. The van der Waals surface area contributed by atoms with Gasteiger partial charge in [-0.3, -0.25) is 4.79 Å². The third kappa shape index (κ3) is 3.48. The second-order valence-electron chi connectivity index (χ2n) is 7.50. The number of fused-ring (bicyclic) bond motifs is 2. The largest absolute Gasteiger partial charge is 0.480 e. The highest BCUT2D eigenvalue weighted by Crippen LogP contribution is 2.43. The fourth-order valence-corrected chi connectivity index (χ4v) is 4.50. The second kappa shape index (κ2) is 7.02. The van der Waals surface area contributed by atoms with Gasteiger partial charge in [-0.05, 0) is 49.5 Å². The van der Waals surface area contributed by atoms with Crippen LogP contribution < -0.4 is 15.0 Å². The van der Waals surface area contributed by atoms with Crippen molar-refractivity contribution in [1.29, 1.82) is 0 Å². The summed E-state index contributed by atoms with van der Waals surface area (Å²) in [6.45, 7) is 2.45. The lowest BCUT2D eigenvalue weighted by molar-refractivity contribution is -0.125. The highest BCUT2D eigenvalue weighted by molar-refractivity contribution is 5.79. The van der Waals surface area contributed by atoms with Crippen LogP contribution in [0.15, 0.2) is 24.3 Å². The summed E-state index contributed by atoms with van der Waals surface area (Å²) in [5.41, 5.74) is 0. The standard InChI is InChI=1S/C19H26N4O2/c1-25-18-7-6-17(21-22-18)23-8-2-3-15(12-23)19(24)20-11-16-10-13-4-5-14(16)9-13/h4-7,13-16H,2-3,8-12H2,1H3,(H,20,24)/t13-,14-,15+,16+/m0/s1. The fraction of sp³-hybridized carbons (Fsp3) is 0.632. The van der Waals surface area contributed by atoms with Crippen molar-refractivity contribution < 1.29 is 9.53 Å². The first-order valence-corrected chi connectivity index (χ1v) is 9.31. The van der Waals surface area contributed by atoms with Crippen LogP contribution in [0.4, 0.5) is 5.82 Å². The average molecular weight is 342 g/mol. The molecule has 1 saturated heterocycles. The van der Waals surface area contributed by atoms with E-state index in [2.05, 4.69) is 32.6 Å². The number of carbonyl (C=O) groups is 1. The zero-order valence-electron chi connectivity index (χ0n) is 14.7. The summed E-state index contributed by atoms with van der Waals surface area (Å²) in [6, 6.07) is 3.72. The first-order valence-electron chi connectivity index (χ1n) is 9.31. The van der Waals surface area contributed by atoms with E-state index in [0.717, 1.165) is 37.7 Å². The number of allylic oxidation sites excluding steroid dienone is 2. The van der Waals surface area contributed by atoms with Gasteiger partial charge in [-0.2, -0.15) is 0 Å². The van der Waals surface area contributed by atoms with Crippen molar-refractivity contribution in [2.45, 2.75) is 25.7 Å². The van der Waals surface area contributed by atoms with Gasteiger partial charge in [-0.25, -0.2) is 0 Å². The van der Waals surface area contributed by atoms with Crippen LogP contribution in [0.2, 0.25) is 0 Å². The average Bonchev–Trinajstić information content (AvgIpc) is 3.29. The molecule has 1 saturated carbocycles. The number of anilines is 1. The van der Waals surface area contributed by atoms with Crippen LogP contribution in [0.1, 0.15) is 25.7 Å². The molecular formula is C19H26N4O2. The Morgan fingerprint density at radius 2 is 2.24 bits per heavy atom. The second-order valence-corrected chi connectivity index (χ2v) is 7.50. The zero-order valence-corrected chi connectivity index (χ0v) is 14.7. The molecule has 0 radical (unpaired) electrons. The Labute approximate surface area is 148 Å². The summed E-state index contributed by atoms with van der Waals surface area (Å²) in [5, 5.41) is 11.5. The van der Waals surface area contributed by atoms with E-state index in [1.807, 2.05) is 12.1 Å². The van der Waals surface area contributed by atoms with E-state index >= 15 is 0 Å². The number of nitrogens with one attached hydrogen (secondary N) is 1. The third-order valence-corrected chi connectivity index (χ3v) is 5.91. The Hall–Kier alpha value is -2.11. The van der Waals surface area contributed by atoms with E-state index in [1.165, 1.54) is 12.8 Å². The molecule has 0 spiro atoms. The minimum Gasteiger partial charge on any atom is -0.480 e. The fourth-order valence-electron chi connectivity index (χ4n) is 4.50. The number of piperidine rings is 1. The molecule has 1 amide bonds. The molecule has 2 bridgehead atoms. The normalized spacial score (nSPS) is 30.5. The monoisotopic (exact) mass is 342 g/mol. The molecule has 6 nitrogen and oxygen atoms in total. The maximum absolute atomic E-state index is 12.6. The SMILES string of the molecule is COc1ccc(N2CCC[C@@H](C(=O)NC[C@H]3C[C@H]4C=C[C@H]3C4)C2)nn1. The predicted molar refractivity (Wildman–Crippen MR) is 95.4 cm³/mol. The Morgan fingerprint density at radius 1 is 1.32 bits per heavy atom. The zero-order chi connectivity index (χ0) is 17.2. The number of methoxy groups -OCH3 is 1. The van der Waals surface area contributed by atoms with Crippen molar-refractivity contribution in [3.63, 3.8) is 0 Å². The van der Waals surface area contributed by atoms with E-state index in [4.69, 9.17) is 4.74 Å². The van der Waals surface area contributed by atoms with Gasteiger partial charge in [0.15, 0.2) is 5.82 Å². The molecular weight excluding hydrogens is 316 g/mol. The topological polar surface area (TPSA) is 67.3 Å². The van der Waals surface area contributed by atoms with Crippen molar-refractivity contribution in [3.05, 3.63) is 24.3 Å². The van der Waals surface area contributed by atoms with Crippen LogP contribution >= 0.6 is 0 Å². The molecule has 0 aromatic carbocycles. The molecule has 2 aliphatic carbocycles. The van der Waals surface area contributed by atoms with Crippen molar-refractivity contribution >= 4 is 11.7 Å². The molecule has 25 heavy (non-hydrogen) atoms. The van der Waals surface area contributed by atoms with Crippen molar-refractivity contribution in [2.24, 2.45) is 23.7 Å². The van der Waals surface area contributed by atoms with E-state index in [-0.39, 0.29) is 11.8 Å². The van der Waals surface area contributed by atoms with Gasteiger partial charge in [0.05, 0.1) is 13.0 Å². The number of hydrogen-bond donors (Lipinski definition) is 1. The summed E-state index contributed by atoms with van der Waals surface area (Å²) >= 11 is 0.